The standard InChI is InChI=1S/C12H14ClN3O/c13-10-5-15-11(14)4-9(10)12(17)16-6-7-1-2-8(16)3-7/h4-5,7-8H,1-3,6H2,(H2,14,15). The summed E-state index contributed by atoms with van der Waals surface area (Å²) in [7, 11) is 0. The average molecular weight is 252 g/mol. The Labute approximate surface area is 105 Å². The number of anilines is 1. The van der Waals surface area contributed by atoms with Crippen molar-refractivity contribution in [3.63, 3.8) is 0 Å². The second-order valence-corrected chi connectivity index (χ2v) is 5.29. The Morgan fingerprint density at radius 1 is 1.53 bits per heavy atom. The number of amides is 1. The predicted molar refractivity (Wildman–Crippen MR) is 65.8 cm³/mol. The second-order valence-electron chi connectivity index (χ2n) is 4.88. The van der Waals surface area contributed by atoms with Crippen molar-refractivity contribution in [2.45, 2.75) is 25.3 Å². The zero-order valence-electron chi connectivity index (χ0n) is 9.40. The molecule has 4 nitrogen and oxygen atoms in total. The molecule has 1 saturated heterocycles. The molecule has 90 valence electrons. The van der Waals surface area contributed by atoms with Crippen LogP contribution in [0.2, 0.25) is 5.02 Å². The Morgan fingerprint density at radius 2 is 2.35 bits per heavy atom. The molecule has 1 aliphatic carbocycles. The molecule has 17 heavy (non-hydrogen) atoms. The fourth-order valence-electron chi connectivity index (χ4n) is 2.95. The van der Waals surface area contributed by atoms with Gasteiger partial charge in [-0.3, -0.25) is 4.79 Å². The molecule has 2 bridgehead atoms. The van der Waals surface area contributed by atoms with E-state index in [0.29, 0.717) is 28.4 Å². The van der Waals surface area contributed by atoms with Crippen LogP contribution in [0.5, 0.6) is 0 Å². The summed E-state index contributed by atoms with van der Waals surface area (Å²) in [5.41, 5.74) is 6.08. The molecule has 1 aromatic rings. The van der Waals surface area contributed by atoms with Crippen LogP contribution in [-0.2, 0) is 0 Å². The fraction of sp³-hybridized carbons (Fsp3) is 0.500. The quantitative estimate of drug-likeness (QED) is 0.830. The van der Waals surface area contributed by atoms with Crippen LogP contribution in [0.4, 0.5) is 5.82 Å². The van der Waals surface area contributed by atoms with Crippen molar-refractivity contribution in [1.82, 2.24) is 9.88 Å². The first-order valence-corrected chi connectivity index (χ1v) is 6.25. The van der Waals surface area contributed by atoms with Crippen LogP contribution in [0.15, 0.2) is 12.3 Å². The van der Waals surface area contributed by atoms with E-state index in [-0.39, 0.29) is 5.91 Å². The number of hydrogen-bond acceptors (Lipinski definition) is 3. The molecule has 0 radical (unpaired) electrons. The summed E-state index contributed by atoms with van der Waals surface area (Å²) in [6, 6.07) is 1.97. The van der Waals surface area contributed by atoms with Gasteiger partial charge >= 0.3 is 0 Å². The number of aromatic nitrogens is 1. The highest BCUT2D eigenvalue weighted by Crippen LogP contribution is 2.38. The lowest BCUT2D eigenvalue weighted by Crippen LogP contribution is -2.37. The topological polar surface area (TPSA) is 59.2 Å². The first-order valence-electron chi connectivity index (χ1n) is 5.87. The first-order chi connectivity index (χ1) is 8.15. The summed E-state index contributed by atoms with van der Waals surface area (Å²) in [6.45, 7) is 0.863. The van der Waals surface area contributed by atoms with Crippen molar-refractivity contribution in [3.05, 3.63) is 22.8 Å². The minimum absolute atomic E-state index is 0.00343. The Morgan fingerprint density at radius 3 is 3.00 bits per heavy atom. The minimum Gasteiger partial charge on any atom is -0.384 e. The molecule has 2 aliphatic rings. The van der Waals surface area contributed by atoms with Crippen LogP contribution in [0.3, 0.4) is 0 Å². The van der Waals surface area contributed by atoms with Gasteiger partial charge in [-0.2, -0.15) is 0 Å². The van der Waals surface area contributed by atoms with Gasteiger partial charge in [0.25, 0.3) is 5.91 Å². The van der Waals surface area contributed by atoms with Crippen molar-refractivity contribution >= 4 is 23.3 Å². The molecule has 1 saturated carbocycles. The summed E-state index contributed by atoms with van der Waals surface area (Å²) >= 11 is 6.01. The zero-order chi connectivity index (χ0) is 12.0. The molecule has 1 amide bonds. The molecule has 5 heteroatoms. The maximum atomic E-state index is 12.4. The maximum absolute atomic E-state index is 12.4. The molecule has 1 aliphatic heterocycles. The van der Waals surface area contributed by atoms with Gasteiger partial charge in [-0.1, -0.05) is 11.6 Å². The lowest BCUT2D eigenvalue weighted by atomic mass is 10.1. The number of rotatable bonds is 1. The highest BCUT2D eigenvalue weighted by Gasteiger charge is 2.40. The average Bonchev–Trinajstić information content (AvgIpc) is 2.93. The Hall–Kier alpha value is -1.29. The van der Waals surface area contributed by atoms with Crippen LogP contribution >= 0.6 is 11.6 Å². The van der Waals surface area contributed by atoms with Gasteiger partial charge in [0, 0.05) is 18.8 Å². The van der Waals surface area contributed by atoms with E-state index in [2.05, 4.69) is 4.98 Å². The summed E-state index contributed by atoms with van der Waals surface area (Å²) in [5.74, 6) is 1.01. The fourth-order valence-corrected chi connectivity index (χ4v) is 3.13. The Bertz CT molecular complexity index is 477. The van der Waals surface area contributed by atoms with E-state index in [1.807, 2.05) is 4.90 Å². The number of carbonyl (C=O) groups excluding carboxylic acids is 1. The number of piperidine rings is 1. The number of fused-ring (bicyclic) bond motifs is 2. The van der Waals surface area contributed by atoms with Crippen LogP contribution in [0.25, 0.3) is 0 Å². The maximum Gasteiger partial charge on any atom is 0.255 e. The summed E-state index contributed by atoms with van der Waals surface area (Å²) in [4.78, 5) is 18.2. The number of nitrogen functional groups attached to an aromatic ring is 1. The van der Waals surface area contributed by atoms with Crippen molar-refractivity contribution < 1.29 is 4.79 Å². The Kier molecular flexibility index (Phi) is 2.47. The Balaban J connectivity index is 1.89. The van der Waals surface area contributed by atoms with Gasteiger partial charge in [0.1, 0.15) is 5.82 Å². The van der Waals surface area contributed by atoms with Gasteiger partial charge in [0.2, 0.25) is 0 Å². The van der Waals surface area contributed by atoms with E-state index in [1.54, 1.807) is 6.07 Å². The third-order valence-corrected chi connectivity index (χ3v) is 4.08. The molecule has 2 unspecified atom stereocenters. The van der Waals surface area contributed by atoms with E-state index in [1.165, 1.54) is 12.6 Å². The number of likely N-dealkylation sites (tertiary alicyclic amines) is 1. The number of hydrogen-bond donors (Lipinski definition) is 1. The molecule has 0 spiro atoms. The highest BCUT2D eigenvalue weighted by molar-refractivity contribution is 6.33. The zero-order valence-corrected chi connectivity index (χ0v) is 10.2. The SMILES string of the molecule is Nc1cc(C(=O)N2CC3CCC2C3)c(Cl)cn1. The molecule has 2 atom stereocenters. The van der Waals surface area contributed by atoms with E-state index >= 15 is 0 Å². The third-order valence-electron chi connectivity index (χ3n) is 3.78. The second kappa shape index (κ2) is 3.88. The minimum atomic E-state index is -0.00343. The predicted octanol–water partition coefficient (Wildman–Crippen LogP) is 1.94. The summed E-state index contributed by atoms with van der Waals surface area (Å²) in [5, 5.41) is 0.381. The monoisotopic (exact) mass is 251 g/mol. The molecular weight excluding hydrogens is 238 g/mol. The lowest BCUT2D eigenvalue weighted by molar-refractivity contribution is 0.0704. The number of nitrogens with two attached hydrogens (primary N) is 1. The van der Waals surface area contributed by atoms with Gasteiger partial charge in [-0.25, -0.2) is 4.98 Å². The third kappa shape index (κ3) is 1.76. The number of halogens is 1. The molecule has 1 aromatic heterocycles. The van der Waals surface area contributed by atoms with Gasteiger partial charge in [0.05, 0.1) is 10.6 Å². The van der Waals surface area contributed by atoms with E-state index in [4.69, 9.17) is 17.3 Å². The van der Waals surface area contributed by atoms with Crippen LogP contribution in [0, 0.1) is 5.92 Å². The van der Waals surface area contributed by atoms with E-state index in [0.717, 1.165) is 19.4 Å². The van der Waals surface area contributed by atoms with Crippen molar-refractivity contribution in [2.75, 3.05) is 12.3 Å². The molecule has 3 rings (SSSR count). The molecule has 2 N–H and O–H groups in total. The normalized spacial score (nSPS) is 26.5. The summed E-state index contributed by atoms with van der Waals surface area (Å²) in [6.07, 6.45) is 4.96. The number of pyridine rings is 1. The van der Waals surface area contributed by atoms with Gasteiger partial charge in [0.15, 0.2) is 0 Å². The van der Waals surface area contributed by atoms with Crippen molar-refractivity contribution in [1.29, 1.82) is 0 Å². The smallest absolute Gasteiger partial charge is 0.255 e. The molecule has 2 fully saturated rings. The van der Waals surface area contributed by atoms with E-state index in [9.17, 15) is 4.79 Å². The number of carbonyl (C=O) groups is 1. The van der Waals surface area contributed by atoms with Crippen LogP contribution in [-0.4, -0.2) is 28.4 Å². The molecular formula is C12H14ClN3O. The highest BCUT2D eigenvalue weighted by atomic mass is 35.5. The van der Waals surface area contributed by atoms with Gasteiger partial charge in [-0.05, 0) is 31.2 Å². The van der Waals surface area contributed by atoms with Crippen molar-refractivity contribution in [2.24, 2.45) is 5.92 Å². The van der Waals surface area contributed by atoms with E-state index < -0.39 is 0 Å². The van der Waals surface area contributed by atoms with Gasteiger partial charge in [-0.15, -0.1) is 0 Å². The van der Waals surface area contributed by atoms with Crippen LogP contribution in [0.1, 0.15) is 29.6 Å². The lowest BCUT2D eigenvalue weighted by Gasteiger charge is -2.27. The molecule has 2 heterocycles. The summed E-state index contributed by atoms with van der Waals surface area (Å²) < 4.78 is 0. The molecule has 0 aromatic carbocycles. The van der Waals surface area contributed by atoms with Crippen molar-refractivity contribution in [3.8, 4) is 0 Å². The number of nitrogens with zero attached hydrogens (tertiary/aromatic N) is 2. The largest absolute Gasteiger partial charge is 0.384 e. The van der Waals surface area contributed by atoms with Crippen LogP contribution < -0.4 is 5.73 Å². The van der Waals surface area contributed by atoms with Gasteiger partial charge < -0.3 is 10.6 Å². The first kappa shape index (κ1) is 10.8.